The van der Waals surface area contributed by atoms with Gasteiger partial charge in [0, 0.05) is 26.0 Å². The highest BCUT2D eigenvalue weighted by molar-refractivity contribution is 5.85. The van der Waals surface area contributed by atoms with Crippen LogP contribution >= 0.6 is 24.8 Å². The minimum Gasteiger partial charge on any atom is -0.349 e. The van der Waals surface area contributed by atoms with E-state index in [9.17, 15) is 4.79 Å². The first-order valence-electron chi connectivity index (χ1n) is 5.72. The number of aromatic nitrogens is 2. The van der Waals surface area contributed by atoms with Crippen LogP contribution in [-0.2, 0) is 18.4 Å². The summed E-state index contributed by atoms with van der Waals surface area (Å²) in [4.78, 5) is 16.0. The summed E-state index contributed by atoms with van der Waals surface area (Å²) >= 11 is 0. The van der Waals surface area contributed by atoms with Gasteiger partial charge in [-0.15, -0.1) is 24.8 Å². The Balaban J connectivity index is 0.00000144. The van der Waals surface area contributed by atoms with E-state index in [1.54, 1.807) is 6.20 Å². The van der Waals surface area contributed by atoms with E-state index in [0.717, 1.165) is 31.8 Å². The SMILES string of the molecule is Cl.Cl.Cn1ccnc1CNC(=O)[C@@H]1CCCNC1. The van der Waals surface area contributed by atoms with Crippen LogP contribution in [0.25, 0.3) is 0 Å². The molecule has 1 atom stereocenters. The van der Waals surface area contributed by atoms with Gasteiger partial charge in [-0.1, -0.05) is 0 Å². The summed E-state index contributed by atoms with van der Waals surface area (Å²) in [5.74, 6) is 1.14. The van der Waals surface area contributed by atoms with Crippen molar-refractivity contribution in [2.45, 2.75) is 19.4 Å². The van der Waals surface area contributed by atoms with Gasteiger partial charge in [-0.2, -0.15) is 0 Å². The van der Waals surface area contributed by atoms with Crippen LogP contribution in [-0.4, -0.2) is 28.5 Å². The second-order valence-electron chi connectivity index (χ2n) is 4.22. The van der Waals surface area contributed by atoms with Gasteiger partial charge in [-0.3, -0.25) is 4.79 Å². The molecule has 2 heterocycles. The monoisotopic (exact) mass is 294 g/mol. The standard InChI is InChI=1S/C11H18N4O.2ClH/c1-15-6-5-13-10(15)8-14-11(16)9-3-2-4-12-7-9;;/h5-6,9,12H,2-4,7-8H2,1H3,(H,14,16);2*1H/t9-;;/m1../s1. The van der Waals surface area contributed by atoms with Crippen molar-refractivity contribution in [1.82, 2.24) is 20.2 Å². The van der Waals surface area contributed by atoms with Crippen molar-refractivity contribution in [3.8, 4) is 0 Å². The van der Waals surface area contributed by atoms with Crippen LogP contribution in [0.1, 0.15) is 18.7 Å². The summed E-state index contributed by atoms with van der Waals surface area (Å²) in [6.45, 7) is 2.34. The minimum atomic E-state index is 0. The fraction of sp³-hybridized carbons (Fsp3) is 0.636. The first-order chi connectivity index (χ1) is 7.77. The number of carbonyl (C=O) groups excluding carboxylic acids is 1. The second kappa shape index (κ2) is 8.34. The number of piperidine rings is 1. The quantitative estimate of drug-likeness (QED) is 0.870. The molecule has 0 aliphatic carbocycles. The number of aryl methyl sites for hydroxylation is 1. The van der Waals surface area contributed by atoms with E-state index in [2.05, 4.69) is 15.6 Å². The largest absolute Gasteiger partial charge is 0.349 e. The van der Waals surface area contributed by atoms with Gasteiger partial charge in [0.1, 0.15) is 5.82 Å². The molecule has 1 aliphatic heterocycles. The molecule has 0 bridgehead atoms. The molecule has 2 rings (SSSR count). The smallest absolute Gasteiger partial charge is 0.224 e. The Hall–Kier alpha value is -0.780. The number of nitrogens with zero attached hydrogens (tertiary/aromatic N) is 2. The van der Waals surface area contributed by atoms with Crippen molar-refractivity contribution >= 4 is 30.7 Å². The third-order valence-corrected chi connectivity index (χ3v) is 3.01. The molecule has 2 N–H and O–H groups in total. The Bertz CT molecular complexity index is 364. The molecule has 18 heavy (non-hydrogen) atoms. The predicted octanol–water partition coefficient (Wildman–Crippen LogP) is 0.879. The third kappa shape index (κ3) is 4.48. The van der Waals surface area contributed by atoms with Crippen LogP contribution in [0, 0.1) is 5.92 Å². The van der Waals surface area contributed by atoms with Crippen molar-refractivity contribution in [3.63, 3.8) is 0 Å². The number of nitrogens with one attached hydrogen (secondary N) is 2. The average Bonchev–Trinajstić information content (AvgIpc) is 2.73. The number of hydrogen-bond donors (Lipinski definition) is 2. The summed E-state index contributed by atoms with van der Waals surface area (Å²) in [7, 11) is 1.93. The first-order valence-corrected chi connectivity index (χ1v) is 5.72. The van der Waals surface area contributed by atoms with Gasteiger partial charge < -0.3 is 15.2 Å². The summed E-state index contributed by atoms with van der Waals surface area (Å²) in [6, 6.07) is 0. The Labute approximate surface area is 120 Å². The summed E-state index contributed by atoms with van der Waals surface area (Å²) in [6.07, 6.45) is 5.69. The van der Waals surface area contributed by atoms with Crippen molar-refractivity contribution in [1.29, 1.82) is 0 Å². The predicted molar refractivity (Wildman–Crippen MR) is 75.1 cm³/mol. The number of carbonyl (C=O) groups is 1. The third-order valence-electron chi connectivity index (χ3n) is 3.01. The molecule has 5 nitrogen and oxygen atoms in total. The fourth-order valence-electron chi connectivity index (χ4n) is 1.95. The Morgan fingerprint density at radius 3 is 2.94 bits per heavy atom. The zero-order valence-corrected chi connectivity index (χ0v) is 12.0. The molecule has 0 spiro atoms. The highest BCUT2D eigenvalue weighted by atomic mass is 35.5. The maximum Gasteiger partial charge on any atom is 0.224 e. The molecule has 0 unspecified atom stereocenters. The normalized spacial score (nSPS) is 18.4. The number of imidazole rings is 1. The van der Waals surface area contributed by atoms with E-state index in [-0.39, 0.29) is 36.6 Å². The summed E-state index contributed by atoms with van der Waals surface area (Å²) in [5, 5.41) is 6.17. The molecule has 104 valence electrons. The van der Waals surface area contributed by atoms with E-state index < -0.39 is 0 Å². The molecule has 7 heteroatoms. The maximum atomic E-state index is 11.8. The lowest BCUT2D eigenvalue weighted by atomic mass is 9.99. The van der Waals surface area contributed by atoms with Gasteiger partial charge >= 0.3 is 0 Å². The number of amides is 1. The van der Waals surface area contributed by atoms with E-state index in [4.69, 9.17) is 0 Å². The van der Waals surface area contributed by atoms with Gasteiger partial charge in [0.05, 0.1) is 12.5 Å². The molecular weight excluding hydrogens is 275 g/mol. The Morgan fingerprint density at radius 2 is 2.39 bits per heavy atom. The molecule has 1 aromatic heterocycles. The summed E-state index contributed by atoms with van der Waals surface area (Å²) < 4.78 is 1.92. The van der Waals surface area contributed by atoms with Crippen molar-refractivity contribution < 1.29 is 4.79 Å². The van der Waals surface area contributed by atoms with Crippen LogP contribution in [0.15, 0.2) is 12.4 Å². The number of halogens is 2. The van der Waals surface area contributed by atoms with Crippen LogP contribution in [0.3, 0.4) is 0 Å². The van der Waals surface area contributed by atoms with E-state index >= 15 is 0 Å². The molecular formula is C11H20Cl2N4O. The van der Waals surface area contributed by atoms with Gasteiger partial charge in [0.2, 0.25) is 5.91 Å². The Kier molecular flexibility index (Phi) is 7.98. The lowest BCUT2D eigenvalue weighted by molar-refractivity contribution is -0.125. The molecule has 0 aromatic carbocycles. The van der Waals surface area contributed by atoms with Crippen molar-refractivity contribution in [2.24, 2.45) is 13.0 Å². The lowest BCUT2D eigenvalue weighted by Crippen LogP contribution is -2.40. The van der Waals surface area contributed by atoms with E-state index in [1.807, 2.05) is 17.8 Å². The van der Waals surface area contributed by atoms with Gasteiger partial charge in [-0.05, 0) is 19.4 Å². The van der Waals surface area contributed by atoms with Crippen LogP contribution in [0.4, 0.5) is 0 Å². The fourth-order valence-corrected chi connectivity index (χ4v) is 1.95. The summed E-state index contributed by atoms with van der Waals surface area (Å²) in [5.41, 5.74) is 0. The highest BCUT2D eigenvalue weighted by Crippen LogP contribution is 2.09. The molecule has 0 saturated carbocycles. The average molecular weight is 295 g/mol. The Morgan fingerprint density at radius 1 is 1.61 bits per heavy atom. The van der Waals surface area contributed by atoms with Gasteiger partial charge in [0.15, 0.2) is 0 Å². The molecule has 1 fully saturated rings. The maximum absolute atomic E-state index is 11.8. The second-order valence-corrected chi connectivity index (χ2v) is 4.22. The molecule has 1 saturated heterocycles. The number of hydrogen-bond acceptors (Lipinski definition) is 3. The molecule has 0 radical (unpaired) electrons. The van der Waals surface area contributed by atoms with Crippen LogP contribution in [0.2, 0.25) is 0 Å². The lowest BCUT2D eigenvalue weighted by Gasteiger charge is -2.21. The first kappa shape index (κ1) is 17.2. The molecule has 1 aliphatic rings. The van der Waals surface area contributed by atoms with E-state index in [1.165, 1.54) is 0 Å². The van der Waals surface area contributed by atoms with Crippen molar-refractivity contribution in [2.75, 3.05) is 13.1 Å². The van der Waals surface area contributed by atoms with Crippen molar-refractivity contribution in [3.05, 3.63) is 18.2 Å². The van der Waals surface area contributed by atoms with Gasteiger partial charge in [-0.25, -0.2) is 4.98 Å². The highest BCUT2D eigenvalue weighted by Gasteiger charge is 2.20. The van der Waals surface area contributed by atoms with Gasteiger partial charge in [0.25, 0.3) is 0 Å². The molecule has 1 amide bonds. The zero-order valence-electron chi connectivity index (χ0n) is 10.4. The minimum absolute atomic E-state index is 0. The molecule has 1 aromatic rings. The van der Waals surface area contributed by atoms with Crippen LogP contribution in [0.5, 0.6) is 0 Å². The zero-order chi connectivity index (χ0) is 11.4. The topological polar surface area (TPSA) is 59.0 Å². The van der Waals surface area contributed by atoms with Crippen LogP contribution < -0.4 is 10.6 Å². The van der Waals surface area contributed by atoms with E-state index in [0.29, 0.717) is 6.54 Å². The number of rotatable bonds is 3.